The highest BCUT2D eigenvalue weighted by Gasteiger charge is 1.72. The van der Waals surface area contributed by atoms with Crippen molar-refractivity contribution in [3.63, 3.8) is 0 Å². The molecular weight excluding hydrogens is 92.1 g/mol. The zero-order chi connectivity index (χ0) is 5.70. The highest BCUT2D eigenvalue weighted by atomic mass is 16.2. The average molecular weight is 100 g/mol. The van der Waals surface area contributed by atoms with Crippen molar-refractivity contribution >= 4 is 0 Å². The lowest BCUT2D eigenvalue weighted by Crippen LogP contribution is -1.92. The summed E-state index contributed by atoms with van der Waals surface area (Å²) in [6, 6.07) is 0. The van der Waals surface area contributed by atoms with Crippen molar-refractivity contribution in [1.82, 2.24) is 0 Å². The molecular formula is C4H8N2O. The minimum Gasteiger partial charge on any atom is -0.513 e. The Kier molecular flexibility index (Phi) is 2.59. The average Bonchev–Trinajstić information content (AvgIpc) is 1.68. The molecule has 0 saturated carbocycles. The summed E-state index contributed by atoms with van der Waals surface area (Å²) in [5, 5.41) is 8.07. The van der Waals surface area contributed by atoms with E-state index in [9.17, 15) is 0 Å². The fourth-order valence-corrected chi connectivity index (χ4v) is 0.154. The first kappa shape index (κ1) is 5.88. The van der Waals surface area contributed by atoms with E-state index in [0.717, 1.165) is 6.26 Å². The topological polar surface area (TPSA) is 72.3 Å². The molecule has 0 saturated heterocycles. The quantitative estimate of drug-likeness (QED) is 0.316. The van der Waals surface area contributed by atoms with Crippen molar-refractivity contribution in [1.29, 1.82) is 0 Å². The molecule has 3 heteroatoms. The predicted octanol–water partition coefficient (Wildman–Crippen LogP) is -0.183. The molecule has 0 aromatic heterocycles. The molecule has 0 aliphatic rings. The number of aliphatic hydroxyl groups is 1. The van der Waals surface area contributed by atoms with Crippen LogP contribution in [0.25, 0.3) is 0 Å². The van der Waals surface area contributed by atoms with E-state index in [1.807, 2.05) is 0 Å². The minimum absolute atomic E-state index is 0.252. The standard InChI is InChI=1S/C4H8N2O/c5-2-1-4(6)3-7/h1-3,7H,5-6H2/b2-1+,4-3-. The molecule has 0 aromatic rings. The Morgan fingerprint density at radius 3 is 2.29 bits per heavy atom. The summed E-state index contributed by atoms with van der Waals surface area (Å²) < 4.78 is 0. The molecule has 0 aliphatic heterocycles. The number of hydrogen-bond acceptors (Lipinski definition) is 3. The van der Waals surface area contributed by atoms with Crippen LogP contribution >= 0.6 is 0 Å². The fourth-order valence-electron chi connectivity index (χ4n) is 0.154. The Bertz CT molecular complexity index is 95.9. The predicted molar refractivity (Wildman–Crippen MR) is 28.2 cm³/mol. The van der Waals surface area contributed by atoms with Crippen molar-refractivity contribution in [3.8, 4) is 0 Å². The van der Waals surface area contributed by atoms with Crippen molar-refractivity contribution in [3.05, 3.63) is 24.2 Å². The molecule has 3 nitrogen and oxygen atoms in total. The van der Waals surface area contributed by atoms with Crippen LogP contribution in [0.2, 0.25) is 0 Å². The van der Waals surface area contributed by atoms with E-state index in [0.29, 0.717) is 0 Å². The van der Waals surface area contributed by atoms with Gasteiger partial charge in [0.2, 0.25) is 0 Å². The van der Waals surface area contributed by atoms with Crippen molar-refractivity contribution in [2.75, 3.05) is 0 Å². The zero-order valence-corrected chi connectivity index (χ0v) is 3.83. The summed E-state index contributed by atoms with van der Waals surface area (Å²) in [5.74, 6) is 0. The van der Waals surface area contributed by atoms with Crippen LogP contribution in [0.4, 0.5) is 0 Å². The summed E-state index contributed by atoms with van der Waals surface area (Å²) in [5.41, 5.74) is 10.2. The molecule has 0 fully saturated rings. The third kappa shape index (κ3) is 2.69. The van der Waals surface area contributed by atoms with E-state index in [4.69, 9.17) is 16.6 Å². The molecule has 0 atom stereocenters. The molecule has 7 heavy (non-hydrogen) atoms. The summed E-state index contributed by atoms with van der Waals surface area (Å²) >= 11 is 0. The van der Waals surface area contributed by atoms with Gasteiger partial charge in [-0.2, -0.15) is 0 Å². The van der Waals surface area contributed by atoms with Crippen LogP contribution in [0.15, 0.2) is 24.2 Å². The Morgan fingerprint density at radius 2 is 2.14 bits per heavy atom. The maximum atomic E-state index is 8.07. The van der Waals surface area contributed by atoms with Crippen molar-refractivity contribution in [2.45, 2.75) is 0 Å². The molecule has 0 rings (SSSR count). The molecule has 0 spiro atoms. The van der Waals surface area contributed by atoms with Gasteiger partial charge in [-0.1, -0.05) is 0 Å². The first-order valence-corrected chi connectivity index (χ1v) is 1.79. The number of hydrogen-bond donors (Lipinski definition) is 3. The van der Waals surface area contributed by atoms with Gasteiger partial charge in [-0.25, -0.2) is 0 Å². The van der Waals surface area contributed by atoms with E-state index in [2.05, 4.69) is 0 Å². The molecule has 0 unspecified atom stereocenters. The van der Waals surface area contributed by atoms with Crippen LogP contribution in [0.1, 0.15) is 0 Å². The van der Waals surface area contributed by atoms with Crippen LogP contribution in [0, 0.1) is 0 Å². The maximum absolute atomic E-state index is 8.07. The number of aliphatic hydroxyl groups excluding tert-OH is 1. The van der Waals surface area contributed by atoms with E-state index in [1.165, 1.54) is 12.3 Å². The lowest BCUT2D eigenvalue weighted by atomic mass is 10.5. The second-order valence-corrected chi connectivity index (χ2v) is 0.988. The lowest BCUT2D eigenvalue weighted by Gasteiger charge is -1.82. The largest absolute Gasteiger partial charge is 0.513 e. The SMILES string of the molecule is N/C=C/C(N)=C/O. The molecule has 0 aliphatic carbocycles. The van der Waals surface area contributed by atoms with Gasteiger partial charge < -0.3 is 16.6 Å². The van der Waals surface area contributed by atoms with E-state index < -0.39 is 0 Å². The Hall–Kier alpha value is -1.12. The van der Waals surface area contributed by atoms with Crippen LogP contribution < -0.4 is 11.5 Å². The molecule has 0 bridgehead atoms. The summed E-state index contributed by atoms with van der Waals surface area (Å²) in [7, 11) is 0. The monoisotopic (exact) mass is 100 g/mol. The zero-order valence-electron chi connectivity index (χ0n) is 3.83. The third-order valence-corrected chi connectivity index (χ3v) is 0.438. The van der Waals surface area contributed by atoms with E-state index >= 15 is 0 Å². The van der Waals surface area contributed by atoms with Gasteiger partial charge in [-0.3, -0.25) is 0 Å². The van der Waals surface area contributed by atoms with Crippen LogP contribution in [0.5, 0.6) is 0 Å². The number of allylic oxidation sites excluding steroid dienone is 1. The van der Waals surface area contributed by atoms with Crippen LogP contribution in [-0.2, 0) is 0 Å². The summed E-state index contributed by atoms with van der Waals surface area (Å²) in [4.78, 5) is 0. The molecule has 0 heterocycles. The third-order valence-electron chi connectivity index (χ3n) is 0.438. The Balaban J connectivity index is 3.58. The lowest BCUT2D eigenvalue weighted by molar-refractivity contribution is 0.468. The van der Waals surface area contributed by atoms with Gasteiger partial charge in [-0.05, 0) is 12.3 Å². The van der Waals surface area contributed by atoms with Gasteiger partial charge in [0.25, 0.3) is 0 Å². The second-order valence-electron chi connectivity index (χ2n) is 0.988. The van der Waals surface area contributed by atoms with Crippen molar-refractivity contribution in [2.24, 2.45) is 11.5 Å². The normalized spacial score (nSPS) is 12.9. The summed E-state index contributed by atoms with van der Waals surface area (Å²) in [6.07, 6.45) is 3.42. The first-order chi connectivity index (χ1) is 3.31. The minimum atomic E-state index is 0.252. The number of rotatable bonds is 1. The van der Waals surface area contributed by atoms with Crippen molar-refractivity contribution < 1.29 is 5.11 Å². The van der Waals surface area contributed by atoms with E-state index in [-0.39, 0.29) is 5.70 Å². The van der Waals surface area contributed by atoms with Gasteiger partial charge in [0, 0.05) is 0 Å². The molecule has 40 valence electrons. The molecule has 5 N–H and O–H groups in total. The van der Waals surface area contributed by atoms with Crippen LogP contribution in [0.3, 0.4) is 0 Å². The van der Waals surface area contributed by atoms with Gasteiger partial charge >= 0.3 is 0 Å². The first-order valence-electron chi connectivity index (χ1n) is 1.79. The highest BCUT2D eigenvalue weighted by molar-refractivity contribution is 5.09. The highest BCUT2D eigenvalue weighted by Crippen LogP contribution is 1.78. The van der Waals surface area contributed by atoms with Gasteiger partial charge in [0.1, 0.15) is 6.26 Å². The summed E-state index contributed by atoms with van der Waals surface area (Å²) in [6.45, 7) is 0. The number of nitrogens with two attached hydrogens (primary N) is 2. The molecule has 0 amide bonds. The second kappa shape index (κ2) is 3.08. The molecule has 0 aromatic carbocycles. The van der Waals surface area contributed by atoms with Gasteiger partial charge in [0.05, 0.1) is 5.70 Å². The maximum Gasteiger partial charge on any atom is 0.102 e. The van der Waals surface area contributed by atoms with Gasteiger partial charge in [0.15, 0.2) is 0 Å². The fraction of sp³-hybridized carbons (Fsp3) is 0. The Labute approximate surface area is 41.9 Å². The smallest absolute Gasteiger partial charge is 0.102 e. The van der Waals surface area contributed by atoms with E-state index in [1.54, 1.807) is 0 Å². The van der Waals surface area contributed by atoms with Crippen LogP contribution in [-0.4, -0.2) is 5.11 Å². The Morgan fingerprint density at radius 1 is 1.57 bits per heavy atom. The molecule has 0 radical (unpaired) electrons. The van der Waals surface area contributed by atoms with Gasteiger partial charge in [-0.15, -0.1) is 0 Å².